The SMILES string of the molecule is Nc1cc(NC(=O)c2nn[nH]n2)ccc1F. The first kappa shape index (κ1) is 10.0. The average Bonchev–Trinajstić information content (AvgIpc) is 2.77. The molecule has 0 radical (unpaired) electrons. The Morgan fingerprint density at radius 3 is 2.94 bits per heavy atom. The number of hydrogen-bond donors (Lipinski definition) is 3. The second-order valence-electron chi connectivity index (χ2n) is 2.93. The van der Waals surface area contributed by atoms with Crippen LogP contribution in [0.5, 0.6) is 0 Å². The van der Waals surface area contributed by atoms with Gasteiger partial charge in [-0.05, 0) is 23.4 Å². The van der Waals surface area contributed by atoms with Crippen molar-refractivity contribution in [3.63, 3.8) is 0 Å². The van der Waals surface area contributed by atoms with Gasteiger partial charge in [0, 0.05) is 5.69 Å². The van der Waals surface area contributed by atoms with E-state index in [1.807, 2.05) is 0 Å². The quantitative estimate of drug-likeness (QED) is 0.627. The molecule has 0 bridgehead atoms. The molecule has 8 heteroatoms. The predicted molar refractivity (Wildman–Crippen MR) is 52.9 cm³/mol. The lowest BCUT2D eigenvalue weighted by molar-refractivity contribution is 0.101. The lowest BCUT2D eigenvalue weighted by Crippen LogP contribution is -2.14. The lowest BCUT2D eigenvalue weighted by atomic mass is 10.2. The van der Waals surface area contributed by atoms with Crippen molar-refractivity contribution in [2.45, 2.75) is 0 Å². The number of tetrazole rings is 1. The minimum Gasteiger partial charge on any atom is -0.396 e. The third-order valence-corrected chi connectivity index (χ3v) is 1.80. The van der Waals surface area contributed by atoms with Crippen LogP contribution >= 0.6 is 0 Å². The van der Waals surface area contributed by atoms with E-state index in [1.165, 1.54) is 12.1 Å². The van der Waals surface area contributed by atoms with Crippen molar-refractivity contribution < 1.29 is 9.18 Å². The van der Waals surface area contributed by atoms with Crippen LogP contribution in [-0.4, -0.2) is 26.5 Å². The summed E-state index contributed by atoms with van der Waals surface area (Å²) in [5.74, 6) is -1.21. The van der Waals surface area contributed by atoms with E-state index in [4.69, 9.17) is 5.73 Å². The first-order chi connectivity index (χ1) is 7.66. The molecule has 0 aliphatic rings. The Kier molecular flexibility index (Phi) is 2.46. The fourth-order valence-electron chi connectivity index (χ4n) is 1.07. The van der Waals surface area contributed by atoms with Crippen molar-refractivity contribution in [3.8, 4) is 0 Å². The van der Waals surface area contributed by atoms with Gasteiger partial charge in [-0.3, -0.25) is 4.79 Å². The van der Waals surface area contributed by atoms with Gasteiger partial charge < -0.3 is 11.1 Å². The maximum Gasteiger partial charge on any atom is 0.297 e. The van der Waals surface area contributed by atoms with Gasteiger partial charge in [-0.1, -0.05) is 0 Å². The number of aromatic amines is 1. The first-order valence-electron chi connectivity index (χ1n) is 4.26. The Hall–Kier alpha value is -2.51. The van der Waals surface area contributed by atoms with Gasteiger partial charge in [0.1, 0.15) is 5.82 Å². The summed E-state index contributed by atoms with van der Waals surface area (Å²) in [6, 6.07) is 3.83. The fraction of sp³-hybridized carbons (Fsp3) is 0. The van der Waals surface area contributed by atoms with E-state index in [0.29, 0.717) is 5.69 Å². The summed E-state index contributed by atoms with van der Waals surface area (Å²) in [5.41, 5.74) is 5.64. The maximum atomic E-state index is 12.8. The number of amides is 1. The van der Waals surface area contributed by atoms with Crippen LogP contribution in [0.1, 0.15) is 10.6 Å². The number of aromatic nitrogens is 4. The van der Waals surface area contributed by atoms with E-state index in [9.17, 15) is 9.18 Å². The van der Waals surface area contributed by atoms with Gasteiger partial charge in [-0.2, -0.15) is 5.21 Å². The second-order valence-corrected chi connectivity index (χ2v) is 2.93. The first-order valence-corrected chi connectivity index (χ1v) is 4.26. The van der Waals surface area contributed by atoms with Crippen LogP contribution in [0, 0.1) is 5.82 Å². The summed E-state index contributed by atoms with van der Waals surface area (Å²) in [5, 5.41) is 14.8. The number of anilines is 2. The van der Waals surface area contributed by atoms with Crippen LogP contribution in [0.4, 0.5) is 15.8 Å². The molecule has 0 aliphatic heterocycles. The zero-order chi connectivity index (χ0) is 11.5. The third kappa shape index (κ3) is 1.95. The highest BCUT2D eigenvalue weighted by atomic mass is 19.1. The Bertz CT molecular complexity index is 511. The van der Waals surface area contributed by atoms with Gasteiger partial charge in [0.2, 0.25) is 0 Å². The molecule has 2 aromatic rings. The molecule has 1 aromatic carbocycles. The highest BCUT2D eigenvalue weighted by Gasteiger charge is 2.11. The fourth-order valence-corrected chi connectivity index (χ4v) is 1.07. The van der Waals surface area contributed by atoms with E-state index < -0.39 is 11.7 Å². The van der Waals surface area contributed by atoms with Crippen molar-refractivity contribution in [1.29, 1.82) is 0 Å². The molecule has 2 rings (SSSR count). The highest BCUT2D eigenvalue weighted by Crippen LogP contribution is 2.16. The number of H-pyrrole nitrogens is 1. The van der Waals surface area contributed by atoms with E-state index in [-0.39, 0.29) is 11.5 Å². The minimum absolute atomic E-state index is 0.0501. The third-order valence-electron chi connectivity index (χ3n) is 1.80. The molecule has 0 saturated carbocycles. The molecule has 0 unspecified atom stereocenters. The number of benzene rings is 1. The van der Waals surface area contributed by atoms with Crippen molar-refractivity contribution in [3.05, 3.63) is 29.8 Å². The topological polar surface area (TPSA) is 110 Å². The van der Waals surface area contributed by atoms with Gasteiger partial charge in [0.25, 0.3) is 11.7 Å². The Labute approximate surface area is 88.8 Å². The Balaban J connectivity index is 2.15. The standard InChI is InChI=1S/C8H7FN6O/c9-5-2-1-4(3-6(5)10)11-8(16)7-12-14-15-13-7/h1-3H,10H2,(H,11,16)(H,12,13,14,15). The number of carbonyl (C=O) groups is 1. The molecular formula is C8H7FN6O. The predicted octanol–water partition coefficient (Wildman–Crippen LogP) is 0.173. The average molecular weight is 222 g/mol. The number of nitrogens with zero attached hydrogens (tertiary/aromatic N) is 3. The summed E-state index contributed by atoms with van der Waals surface area (Å²) >= 11 is 0. The summed E-state index contributed by atoms with van der Waals surface area (Å²) < 4.78 is 12.8. The molecule has 0 spiro atoms. The van der Waals surface area contributed by atoms with Crippen LogP contribution in [0.2, 0.25) is 0 Å². The molecule has 0 aliphatic carbocycles. The van der Waals surface area contributed by atoms with Gasteiger partial charge in [0.15, 0.2) is 0 Å². The molecule has 1 amide bonds. The van der Waals surface area contributed by atoms with E-state index in [0.717, 1.165) is 6.07 Å². The lowest BCUT2D eigenvalue weighted by Gasteiger charge is -2.03. The minimum atomic E-state index is -0.556. The zero-order valence-corrected chi connectivity index (χ0v) is 7.94. The van der Waals surface area contributed by atoms with Crippen LogP contribution in [0.3, 0.4) is 0 Å². The van der Waals surface area contributed by atoms with Crippen LogP contribution < -0.4 is 11.1 Å². The van der Waals surface area contributed by atoms with Gasteiger partial charge in [0.05, 0.1) is 5.69 Å². The number of rotatable bonds is 2. The van der Waals surface area contributed by atoms with Gasteiger partial charge >= 0.3 is 0 Å². The van der Waals surface area contributed by atoms with E-state index in [1.54, 1.807) is 0 Å². The van der Waals surface area contributed by atoms with E-state index >= 15 is 0 Å². The largest absolute Gasteiger partial charge is 0.396 e. The maximum absolute atomic E-state index is 12.8. The molecule has 0 atom stereocenters. The van der Waals surface area contributed by atoms with Crippen molar-refractivity contribution >= 4 is 17.3 Å². The van der Waals surface area contributed by atoms with Crippen molar-refractivity contribution in [2.75, 3.05) is 11.1 Å². The molecule has 0 fully saturated rings. The smallest absolute Gasteiger partial charge is 0.297 e. The van der Waals surface area contributed by atoms with Crippen LogP contribution in [0.15, 0.2) is 18.2 Å². The van der Waals surface area contributed by atoms with Gasteiger partial charge in [-0.25, -0.2) is 4.39 Å². The summed E-state index contributed by atoms with van der Waals surface area (Å²) in [6.45, 7) is 0. The number of nitrogens with two attached hydrogens (primary N) is 1. The number of hydrogen-bond acceptors (Lipinski definition) is 5. The molecule has 7 nitrogen and oxygen atoms in total. The molecule has 0 saturated heterocycles. The molecule has 4 N–H and O–H groups in total. The van der Waals surface area contributed by atoms with E-state index in [2.05, 4.69) is 25.9 Å². The number of carbonyl (C=O) groups excluding carboxylic acids is 1. The van der Waals surface area contributed by atoms with Gasteiger partial charge in [-0.15, -0.1) is 10.2 Å². The second kappa shape index (κ2) is 3.93. The van der Waals surface area contributed by atoms with Crippen LogP contribution in [-0.2, 0) is 0 Å². The van der Waals surface area contributed by atoms with Crippen molar-refractivity contribution in [1.82, 2.24) is 20.6 Å². The van der Waals surface area contributed by atoms with Crippen molar-refractivity contribution in [2.24, 2.45) is 0 Å². The zero-order valence-electron chi connectivity index (χ0n) is 7.94. The summed E-state index contributed by atoms with van der Waals surface area (Å²) in [6.07, 6.45) is 0. The Morgan fingerprint density at radius 1 is 1.50 bits per heavy atom. The molecule has 16 heavy (non-hydrogen) atoms. The summed E-state index contributed by atoms with van der Waals surface area (Å²) in [4.78, 5) is 11.4. The molecule has 1 aromatic heterocycles. The number of halogens is 1. The summed E-state index contributed by atoms with van der Waals surface area (Å²) in [7, 11) is 0. The molecule has 82 valence electrons. The van der Waals surface area contributed by atoms with Crippen LogP contribution in [0.25, 0.3) is 0 Å². The molecular weight excluding hydrogens is 215 g/mol. The normalized spacial score (nSPS) is 10.1. The molecule has 1 heterocycles. The monoisotopic (exact) mass is 222 g/mol. The Morgan fingerprint density at radius 2 is 2.31 bits per heavy atom. The highest BCUT2D eigenvalue weighted by molar-refractivity contribution is 6.01. The number of nitrogens with one attached hydrogen (secondary N) is 2. The number of nitrogen functional groups attached to an aromatic ring is 1.